The van der Waals surface area contributed by atoms with Crippen LogP contribution >= 0.6 is 0 Å². The number of aromatic nitrogens is 2. The van der Waals surface area contributed by atoms with Gasteiger partial charge in [0.15, 0.2) is 0 Å². The Labute approximate surface area is 130 Å². The summed E-state index contributed by atoms with van der Waals surface area (Å²) in [5, 5.41) is 0. The summed E-state index contributed by atoms with van der Waals surface area (Å²) in [5.74, 6) is -1.04. The minimum absolute atomic E-state index is 0.159. The molecule has 0 spiro atoms. The number of amides is 1. The largest absolute Gasteiger partial charge is 0.481 e. The summed E-state index contributed by atoms with van der Waals surface area (Å²) in [4.78, 5) is 20.6. The summed E-state index contributed by atoms with van der Waals surface area (Å²) in [6, 6.07) is 1.48. The van der Waals surface area contributed by atoms with Gasteiger partial charge in [0, 0.05) is 0 Å². The van der Waals surface area contributed by atoms with Crippen molar-refractivity contribution in [2.45, 2.75) is 26.2 Å². The highest BCUT2D eigenvalue weighted by molar-refractivity contribution is 7.89. The fourth-order valence-corrected chi connectivity index (χ4v) is 2.37. The first-order chi connectivity index (χ1) is 10.2. The predicted octanol–water partition coefficient (Wildman–Crippen LogP) is 0.699. The van der Waals surface area contributed by atoms with Crippen molar-refractivity contribution in [3.05, 3.63) is 11.9 Å². The van der Waals surface area contributed by atoms with Crippen LogP contribution in [0.25, 0.3) is 0 Å². The first-order valence-corrected chi connectivity index (χ1v) is 8.59. The summed E-state index contributed by atoms with van der Waals surface area (Å²) in [5.41, 5.74) is 0. The minimum atomic E-state index is -3.67. The first kappa shape index (κ1) is 18.1. The molecule has 1 rings (SSSR count). The highest BCUT2D eigenvalue weighted by Crippen LogP contribution is 2.28. The smallest absolute Gasteiger partial charge is 0.244 e. The maximum Gasteiger partial charge on any atom is 0.244 e. The Balaban J connectivity index is 3.30. The van der Waals surface area contributed by atoms with Crippen molar-refractivity contribution in [3.63, 3.8) is 0 Å². The number of nitrogens with zero attached hydrogens (tertiary/aromatic N) is 2. The van der Waals surface area contributed by atoms with E-state index in [0.29, 0.717) is 6.42 Å². The molecule has 1 aromatic rings. The minimum Gasteiger partial charge on any atom is -0.481 e. The monoisotopic (exact) mass is 331 g/mol. The van der Waals surface area contributed by atoms with Crippen molar-refractivity contribution in [2.75, 3.05) is 20.5 Å². The van der Waals surface area contributed by atoms with Gasteiger partial charge in [0.2, 0.25) is 27.7 Å². The predicted molar refractivity (Wildman–Crippen MR) is 80.3 cm³/mol. The summed E-state index contributed by atoms with van der Waals surface area (Å²) >= 11 is 0. The van der Waals surface area contributed by atoms with Gasteiger partial charge in [-0.15, -0.1) is 0 Å². The van der Waals surface area contributed by atoms with Gasteiger partial charge in [-0.25, -0.2) is 8.42 Å². The Hall–Kier alpha value is -1.90. The lowest BCUT2D eigenvalue weighted by atomic mass is 9.90. The van der Waals surface area contributed by atoms with Crippen LogP contribution < -0.4 is 14.2 Å². The topological polar surface area (TPSA) is 107 Å². The summed E-state index contributed by atoms with van der Waals surface area (Å²) < 4.78 is 34.7. The number of ether oxygens (including phenoxy) is 2. The van der Waals surface area contributed by atoms with Crippen molar-refractivity contribution in [3.8, 4) is 11.8 Å². The number of sulfonamides is 1. The fourth-order valence-electron chi connectivity index (χ4n) is 1.88. The molecule has 9 heteroatoms. The fraction of sp³-hybridized carbons (Fsp3) is 0.615. The third-order valence-corrected chi connectivity index (χ3v) is 3.75. The van der Waals surface area contributed by atoms with Crippen molar-refractivity contribution in [1.82, 2.24) is 14.7 Å². The van der Waals surface area contributed by atoms with Gasteiger partial charge in [-0.1, -0.05) is 20.3 Å². The molecule has 2 atom stereocenters. The second kappa shape index (κ2) is 7.39. The highest BCUT2D eigenvalue weighted by atomic mass is 32.2. The van der Waals surface area contributed by atoms with Crippen LogP contribution in [-0.2, 0) is 14.8 Å². The molecular formula is C13H21N3O5S. The normalized spacial score (nSPS) is 14.0. The molecular weight excluding hydrogens is 310 g/mol. The Morgan fingerprint density at radius 1 is 1.27 bits per heavy atom. The Morgan fingerprint density at radius 2 is 1.77 bits per heavy atom. The molecule has 0 saturated carbocycles. The van der Waals surface area contributed by atoms with Crippen molar-refractivity contribution in [2.24, 2.45) is 5.92 Å². The van der Waals surface area contributed by atoms with E-state index < -0.39 is 21.8 Å². The zero-order valence-corrected chi connectivity index (χ0v) is 14.1. The first-order valence-electron chi connectivity index (χ1n) is 6.70. The summed E-state index contributed by atoms with van der Waals surface area (Å²) in [7, 11) is -0.805. The molecule has 0 saturated heterocycles. The van der Waals surface area contributed by atoms with Crippen LogP contribution in [0.3, 0.4) is 0 Å². The lowest BCUT2D eigenvalue weighted by molar-refractivity contribution is -0.122. The van der Waals surface area contributed by atoms with Gasteiger partial charge in [-0.2, -0.15) is 9.97 Å². The second-order valence-corrected chi connectivity index (χ2v) is 6.66. The van der Waals surface area contributed by atoms with Crippen LogP contribution in [0.4, 0.5) is 0 Å². The zero-order chi connectivity index (χ0) is 16.9. The quantitative estimate of drug-likeness (QED) is 0.783. The summed E-state index contributed by atoms with van der Waals surface area (Å²) in [6.45, 7) is 3.71. The molecule has 8 nitrogen and oxygen atoms in total. The van der Waals surface area contributed by atoms with Crippen LogP contribution in [0.1, 0.15) is 32.0 Å². The molecule has 0 aromatic carbocycles. The molecule has 0 bridgehead atoms. The van der Waals surface area contributed by atoms with Gasteiger partial charge in [0.1, 0.15) is 11.7 Å². The molecule has 22 heavy (non-hydrogen) atoms. The van der Waals surface area contributed by atoms with E-state index in [2.05, 4.69) is 9.97 Å². The number of carbonyl (C=O) groups is 1. The molecule has 0 aliphatic carbocycles. The third kappa shape index (κ3) is 4.83. The zero-order valence-electron chi connectivity index (χ0n) is 13.3. The molecule has 0 aliphatic rings. The van der Waals surface area contributed by atoms with E-state index in [-0.39, 0.29) is 23.5 Å². The second-order valence-electron chi connectivity index (χ2n) is 4.91. The molecule has 1 heterocycles. The van der Waals surface area contributed by atoms with Crippen LogP contribution in [0.2, 0.25) is 0 Å². The average molecular weight is 331 g/mol. The Kier molecular flexibility index (Phi) is 6.10. The van der Waals surface area contributed by atoms with Crippen LogP contribution in [0, 0.1) is 5.92 Å². The number of carbonyl (C=O) groups excluding carboxylic acids is 1. The molecule has 0 fully saturated rings. The number of hydrogen-bond acceptors (Lipinski definition) is 7. The van der Waals surface area contributed by atoms with E-state index in [1.807, 2.05) is 18.6 Å². The van der Waals surface area contributed by atoms with E-state index in [1.54, 1.807) is 0 Å². The van der Waals surface area contributed by atoms with Gasteiger partial charge in [-0.3, -0.25) is 9.52 Å². The van der Waals surface area contributed by atoms with Crippen molar-refractivity contribution >= 4 is 15.9 Å². The molecule has 1 amide bonds. The van der Waals surface area contributed by atoms with E-state index in [9.17, 15) is 13.2 Å². The molecule has 1 aromatic heterocycles. The average Bonchev–Trinajstić information content (AvgIpc) is 2.44. The van der Waals surface area contributed by atoms with Gasteiger partial charge < -0.3 is 9.47 Å². The van der Waals surface area contributed by atoms with E-state index in [1.165, 1.54) is 20.3 Å². The molecule has 124 valence electrons. The third-order valence-electron chi connectivity index (χ3n) is 3.17. The number of hydrogen-bond donors (Lipinski definition) is 1. The molecule has 0 radical (unpaired) electrons. The maximum atomic E-state index is 12.3. The van der Waals surface area contributed by atoms with E-state index in [0.717, 1.165) is 6.26 Å². The standard InChI is InChI=1S/C13H21N3O5S/c1-6-8(2)11(13(17)16-22(5,18)19)12-14-9(20-3)7-10(15-12)21-4/h7-8,11H,6H2,1-5H3,(H,16,17). The van der Waals surface area contributed by atoms with E-state index in [4.69, 9.17) is 9.47 Å². The lowest BCUT2D eigenvalue weighted by Gasteiger charge is -2.21. The number of rotatable bonds is 7. The van der Waals surface area contributed by atoms with Crippen LogP contribution in [0.15, 0.2) is 6.07 Å². The van der Waals surface area contributed by atoms with Gasteiger partial charge >= 0.3 is 0 Å². The molecule has 0 aliphatic heterocycles. The lowest BCUT2D eigenvalue weighted by Crippen LogP contribution is -2.37. The molecule has 1 N–H and O–H groups in total. The van der Waals surface area contributed by atoms with E-state index >= 15 is 0 Å². The molecule has 2 unspecified atom stereocenters. The van der Waals surface area contributed by atoms with Gasteiger partial charge in [0.25, 0.3) is 0 Å². The highest BCUT2D eigenvalue weighted by Gasteiger charge is 2.31. The number of nitrogens with one attached hydrogen (secondary N) is 1. The Bertz CT molecular complexity index is 610. The van der Waals surface area contributed by atoms with Crippen molar-refractivity contribution in [1.29, 1.82) is 0 Å². The van der Waals surface area contributed by atoms with Crippen LogP contribution in [0.5, 0.6) is 11.8 Å². The maximum absolute atomic E-state index is 12.3. The Morgan fingerprint density at radius 3 is 2.14 bits per heavy atom. The van der Waals surface area contributed by atoms with Gasteiger partial charge in [0.05, 0.1) is 26.5 Å². The van der Waals surface area contributed by atoms with Crippen molar-refractivity contribution < 1.29 is 22.7 Å². The number of methoxy groups -OCH3 is 2. The SMILES string of the molecule is CCC(C)C(C(=O)NS(C)(=O)=O)c1nc(OC)cc(OC)n1. The van der Waals surface area contributed by atoms with Gasteiger partial charge in [-0.05, 0) is 5.92 Å². The van der Waals surface area contributed by atoms with Crippen LogP contribution in [-0.4, -0.2) is 44.8 Å². The summed E-state index contributed by atoms with van der Waals surface area (Å²) in [6.07, 6.45) is 1.57.